The number of ether oxygens (including phenoxy) is 1. The van der Waals surface area contributed by atoms with E-state index in [1.54, 1.807) is 18.2 Å². The number of methoxy groups -OCH3 is 1. The summed E-state index contributed by atoms with van der Waals surface area (Å²) in [5, 5.41) is 2.81. The zero-order chi connectivity index (χ0) is 16.3. The zero-order valence-electron chi connectivity index (χ0n) is 13.1. The molecule has 3 N–H and O–H groups in total. The summed E-state index contributed by atoms with van der Waals surface area (Å²) in [4.78, 5) is 12.2. The molecule has 0 spiro atoms. The highest BCUT2D eigenvalue weighted by Crippen LogP contribution is 2.26. The standard InChI is InChI=1S/C14H21N3O4S.ClH/c1-21-13-4-3-11(9-12(13)15)16-14(18)10-5-7-17(8-6-10)22(2,19)20;/h3-4,9-10H,5-8,15H2,1-2H3,(H,16,18);1H. The Labute approximate surface area is 142 Å². The minimum Gasteiger partial charge on any atom is -0.495 e. The van der Waals surface area contributed by atoms with Crippen LogP contribution in [0, 0.1) is 5.92 Å². The molecule has 9 heteroatoms. The van der Waals surface area contributed by atoms with Crippen LogP contribution in [0.4, 0.5) is 11.4 Å². The third kappa shape index (κ3) is 4.98. The molecule has 1 saturated heterocycles. The predicted octanol–water partition coefficient (Wildman–Crippen LogP) is 1.31. The molecule has 1 aromatic rings. The van der Waals surface area contributed by atoms with Crippen LogP contribution in [-0.2, 0) is 14.8 Å². The van der Waals surface area contributed by atoms with Gasteiger partial charge in [0.25, 0.3) is 0 Å². The predicted molar refractivity (Wildman–Crippen MR) is 92.4 cm³/mol. The summed E-state index contributed by atoms with van der Waals surface area (Å²) >= 11 is 0. The van der Waals surface area contributed by atoms with E-state index >= 15 is 0 Å². The number of hydrogen-bond donors (Lipinski definition) is 2. The van der Waals surface area contributed by atoms with Gasteiger partial charge in [-0.1, -0.05) is 0 Å². The molecule has 2 rings (SSSR count). The van der Waals surface area contributed by atoms with E-state index in [1.165, 1.54) is 17.7 Å². The molecule has 1 aliphatic heterocycles. The molecule has 1 aliphatic rings. The van der Waals surface area contributed by atoms with Crippen LogP contribution in [0.1, 0.15) is 12.8 Å². The molecule has 0 aromatic heterocycles. The smallest absolute Gasteiger partial charge is 0.227 e. The Morgan fingerprint density at radius 2 is 1.96 bits per heavy atom. The van der Waals surface area contributed by atoms with Gasteiger partial charge < -0.3 is 15.8 Å². The van der Waals surface area contributed by atoms with Crippen molar-refractivity contribution in [2.75, 3.05) is 37.5 Å². The monoisotopic (exact) mass is 363 g/mol. The summed E-state index contributed by atoms with van der Waals surface area (Å²) in [6, 6.07) is 5.05. The lowest BCUT2D eigenvalue weighted by molar-refractivity contribution is -0.120. The number of sulfonamides is 1. The quantitative estimate of drug-likeness (QED) is 0.785. The van der Waals surface area contributed by atoms with Gasteiger partial charge >= 0.3 is 0 Å². The molecule has 0 saturated carbocycles. The summed E-state index contributed by atoms with van der Waals surface area (Å²) in [7, 11) is -1.65. The number of nitrogens with zero attached hydrogens (tertiary/aromatic N) is 1. The third-order valence-corrected chi connectivity index (χ3v) is 5.09. The molecule has 1 aromatic carbocycles. The Hall–Kier alpha value is -1.51. The number of nitrogen functional groups attached to an aromatic ring is 1. The van der Waals surface area contributed by atoms with Crippen LogP contribution in [0.25, 0.3) is 0 Å². The van der Waals surface area contributed by atoms with Crippen LogP contribution < -0.4 is 15.8 Å². The Balaban J connectivity index is 0.00000264. The molecule has 0 bridgehead atoms. The average molecular weight is 364 g/mol. The Bertz CT molecular complexity index is 658. The largest absolute Gasteiger partial charge is 0.495 e. The van der Waals surface area contributed by atoms with Crippen LogP contribution in [0.2, 0.25) is 0 Å². The molecule has 130 valence electrons. The summed E-state index contributed by atoms with van der Waals surface area (Å²) in [6.45, 7) is 0.753. The van der Waals surface area contributed by atoms with E-state index in [1.807, 2.05) is 0 Å². The molecule has 0 unspecified atom stereocenters. The number of amides is 1. The average Bonchev–Trinajstić information content (AvgIpc) is 2.46. The van der Waals surface area contributed by atoms with Crippen LogP contribution in [0.3, 0.4) is 0 Å². The van der Waals surface area contributed by atoms with Crippen molar-refractivity contribution < 1.29 is 17.9 Å². The molecule has 0 aliphatic carbocycles. The second-order valence-electron chi connectivity index (χ2n) is 5.38. The van der Waals surface area contributed by atoms with Gasteiger partial charge in [0.15, 0.2) is 0 Å². The number of benzene rings is 1. The summed E-state index contributed by atoms with van der Waals surface area (Å²) < 4.78 is 29.4. The number of carbonyl (C=O) groups excluding carboxylic acids is 1. The minimum absolute atomic E-state index is 0. The summed E-state index contributed by atoms with van der Waals surface area (Å²) in [5.74, 6) is 0.249. The normalized spacial score (nSPS) is 16.4. The number of rotatable bonds is 4. The first-order chi connectivity index (χ1) is 10.3. The van der Waals surface area contributed by atoms with Crippen molar-refractivity contribution in [1.29, 1.82) is 0 Å². The van der Waals surface area contributed by atoms with Crippen molar-refractivity contribution in [3.8, 4) is 5.75 Å². The number of nitrogens with two attached hydrogens (primary N) is 1. The van der Waals surface area contributed by atoms with E-state index in [9.17, 15) is 13.2 Å². The fourth-order valence-corrected chi connectivity index (χ4v) is 3.38. The van der Waals surface area contributed by atoms with Gasteiger partial charge in [-0.05, 0) is 31.0 Å². The van der Waals surface area contributed by atoms with Crippen molar-refractivity contribution in [2.24, 2.45) is 5.92 Å². The molecule has 0 radical (unpaired) electrons. The molecular formula is C14H22ClN3O4S. The molecule has 1 fully saturated rings. The fraction of sp³-hybridized carbons (Fsp3) is 0.500. The molecule has 7 nitrogen and oxygen atoms in total. The van der Waals surface area contributed by atoms with Crippen molar-refractivity contribution in [3.63, 3.8) is 0 Å². The minimum atomic E-state index is -3.18. The highest BCUT2D eigenvalue weighted by molar-refractivity contribution is 7.88. The van der Waals surface area contributed by atoms with E-state index < -0.39 is 10.0 Å². The summed E-state index contributed by atoms with van der Waals surface area (Å²) in [6.07, 6.45) is 2.22. The highest BCUT2D eigenvalue weighted by atomic mass is 35.5. The first-order valence-corrected chi connectivity index (χ1v) is 8.85. The van der Waals surface area contributed by atoms with E-state index in [4.69, 9.17) is 10.5 Å². The second kappa shape index (κ2) is 7.85. The van der Waals surface area contributed by atoms with E-state index in [2.05, 4.69) is 5.32 Å². The third-order valence-electron chi connectivity index (χ3n) is 3.79. The number of nitrogens with one attached hydrogen (secondary N) is 1. The van der Waals surface area contributed by atoms with Gasteiger partial charge in [0, 0.05) is 24.7 Å². The van der Waals surface area contributed by atoms with E-state index in [0.29, 0.717) is 43.1 Å². The number of piperidine rings is 1. The van der Waals surface area contributed by atoms with Crippen molar-refractivity contribution in [2.45, 2.75) is 12.8 Å². The molecule has 1 heterocycles. The molecule has 0 atom stereocenters. The Morgan fingerprint density at radius 1 is 1.35 bits per heavy atom. The van der Waals surface area contributed by atoms with Gasteiger partial charge in [0.05, 0.1) is 19.1 Å². The second-order valence-corrected chi connectivity index (χ2v) is 7.36. The maximum Gasteiger partial charge on any atom is 0.227 e. The lowest BCUT2D eigenvalue weighted by atomic mass is 9.97. The SMILES string of the molecule is COc1ccc(NC(=O)C2CCN(S(C)(=O)=O)CC2)cc1N.Cl. The van der Waals surface area contributed by atoms with Crippen LogP contribution in [0.15, 0.2) is 18.2 Å². The highest BCUT2D eigenvalue weighted by Gasteiger charge is 2.28. The molecule has 23 heavy (non-hydrogen) atoms. The topological polar surface area (TPSA) is 102 Å². The van der Waals surface area contributed by atoms with E-state index in [0.717, 1.165) is 0 Å². The number of anilines is 2. The van der Waals surface area contributed by atoms with Gasteiger partial charge in [0.1, 0.15) is 5.75 Å². The van der Waals surface area contributed by atoms with Gasteiger partial charge in [0.2, 0.25) is 15.9 Å². The Kier molecular flexibility index (Phi) is 6.67. The molecule has 1 amide bonds. The van der Waals surface area contributed by atoms with Gasteiger partial charge in [-0.2, -0.15) is 0 Å². The van der Waals surface area contributed by atoms with Gasteiger partial charge in [-0.25, -0.2) is 12.7 Å². The lowest BCUT2D eigenvalue weighted by Gasteiger charge is -2.29. The lowest BCUT2D eigenvalue weighted by Crippen LogP contribution is -2.40. The maximum atomic E-state index is 12.2. The fourth-order valence-electron chi connectivity index (χ4n) is 2.51. The van der Waals surface area contributed by atoms with Crippen molar-refractivity contribution in [3.05, 3.63) is 18.2 Å². The first kappa shape index (κ1) is 19.5. The van der Waals surface area contributed by atoms with E-state index in [-0.39, 0.29) is 24.2 Å². The number of halogens is 1. The van der Waals surface area contributed by atoms with Crippen LogP contribution >= 0.6 is 12.4 Å². The Morgan fingerprint density at radius 3 is 2.43 bits per heavy atom. The number of carbonyl (C=O) groups is 1. The van der Waals surface area contributed by atoms with Gasteiger partial charge in [-0.3, -0.25) is 4.79 Å². The number of hydrogen-bond acceptors (Lipinski definition) is 5. The molecular weight excluding hydrogens is 342 g/mol. The van der Waals surface area contributed by atoms with Crippen molar-refractivity contribution in [1.82, 2.24) is 4.31 Å². The first-order valence-electron chi connectivity index (χ1n) is 7.00. The van der Waals surface area contributed by atoms with Crippen molar-refractivity contribution >= 4 is 39.7 Å². The van der Waals surface area contributed by atoms with Crippen LogP contribution in [0.5, 0.6) is 5.75 Å². The summed E-state index contributed by atoms with van der Waals surface area (Å²) in [5.41, 5.74) is 6.86. The van der Waals surface area contributed by atoms with Crippen LogP contribution in [-0.4, -0.2) is 45.1 Å². The maximum absolute atomic E-state index is 12.2. The zero-order valence-corrected chi connectivity index (χ0v) is 14.7. The van der Waals surface area contributed by atoms with Gasteiger partial charge in [-0.15, -0.1) is 12.4 Å².